The standard InChI is InChI=1S/C5H6BrNS.C2HF3O2/c6-5-2-1-4(3-7)8-5;3-2(4,5)1(6)7/h1-2H,3,7H2;(H,6,7). The van der Waals surface area contributed by atoms with Gasteiger partial charge in [0.2, 0.25) is 0 Å². The van der Waals surface area contributed by atoms with Gasteiger partial charge < -0.3 is 10.8 Å². The van der Waals surface area contributed by atoms with Crippen molar-refractivity contribution in [3.63, 3.8) is 0 Å². The number of carbonyl (C=O) groups is 1. The molecule has 8 heteroatoms. The first-order chi connectivity index (χ1) is 6.77. The van der Waals surface area contributed by atoms with E-state index in [1.165, 1.54) is 4.88 Å². The number of hydrogen-bond donors (Lipinski definition) is 2. The van der Waals surface area contributed by atoms with Gasteiger partial charge in [0.1, 0.15) is 0 Å². The van der Waals surface area contributed by atoms with Crippen LogP contribution in [0, 0.1) is 0 Å². The molecule has 0 saturated carbocycles. The highest BCUT2D eigenvalue weighted by Gasteiger charge is 2.38. The molecule has 0 bridgehead atoms. The molecule has 0 radical (unpaired) electrons. The van der Waals surface area contributed by atoms with Crippen molar-refractivity contribution in [1.29, 1.82) is 0 Å². The molecule has 0 fully saturated rings. The lowest BCUT2D eigenvalue weighted by Gasteiger charge is -1.93. The van der Waals surface area contributed by atoms with Crippen LogP contribution in [0.25, 0.3) is 0 Å². The van der Waals surface area contributed by atoms with Gasteiger partial charge in [0.15, 0.2) is 0 Å². The summed E-state index contributed by atoms with van der Waals surface area (Å²) in [6.07, 6.45) is -5.08. The van der Waals surface area contributed by atoms with Crippen LogP contribution < -0.4 is 5.73 Å². The molecular weight excluding hydrogens is 299 g/mol. The number of nitrogens with two attached hydrogens (primary N) is 1. The third kappa shape index (κ3) is 6.47. The molecule has 1 rings (SSSR count). The number of halogens is 4. The molecule has 0 aliphatic carbocycles. The Hall–Kier alpha value is -0.600. The number of thiophene rings is 1. The summed E-state index contributed by atoms with van der Waals surface area (Å²) in [6, 6.07) is 4.03. The second kappa shape index (κ2) is 6.09. The van der Waals surface area contributed by atoms with Gasteiger partial charge in [-0.05, 0) is 28.1 Å². The van der Waals surface area contributed by atoms with Gasteiger partial charge in [-0.2, -0.15) is 13.2 Å². The summed E-state index contributed by atoms with van der Waals surface area (Å²) in [4.78, 5) is 10.1. The van der Waals surface area contributed by atoms with Crippen molar-refractivity contribution < 1.29 is 23.1 Å². The van der Waals surface area contributed by atoms with Crippen molar-refractivity contribution >= 4 is 33.2 Å². The summed E-state index contributed by atoms with van der Waals surface area (Å²) in [5, 5.41) is 7.12. The molecule has 15 heavy (non-hydrogen) atoms. The number of alkyl halides is 3. The average Bonchev–Trinajstić information content (AvgIpc) is 2.50. The molecule has 0 amide bonds. The Balaban J connectivity index is 0.000000265. The zero-order valence-corrected chi connectivity index (χ0v) is 9.62. The molecule has 1 aromatic heterocycles. The van der Waals surface area contributed by atoms with E-state index in [2.05, 4.69) is 15.9 Å². The molecule has 0 aromatic carbocycles. The lowest BCUT2D eigenvalue weighted by Crippen LogP contribution is -2.21. The minimum Gasteiger partial charge on any atom is -0.475 e. The van der Waals surface area contributed by atoms with Gasteiger partial charge in [0.25, 0.3) is 0 Å². The number of carboxylic acids is 1. The molecule has 3 nitrogen and oxygen atoms in total. The fourth-order valence-electron chi connectivity index (χ4n) is 0.461. The van der Waals surface area contributed by atoms with E-state index < -0.39 is 12.1 Å². The maximum atomic E-state index is 10.6. The third-order valence-electron chi connectivity index (χ3n) is 1.07. The lowest BCUT2D eigenvalue weighted by atomic mass is 10.5. The summed E-state index contributed by atoms with van der Waals surface area (Å²) < 4.78 is 32.9. The highest BCUT2D eigenvalue weighted by molar-refractivity contribution is 9.11. The van der Waals surface area contributed by atoms with Gasteiger partial charge in [0, 0.05) is 11.4 Å². The first kappa shape index (κ1) is 14.4. The smallest absolute Gasteiger partial charge is 0.475 e. The van der Waals surface area contributed by atoms with E-state index in [0.29, 0.717) is 6.54 Å². The minimum absolute atomic E-state index is 0.649. The van der Waals surface area contributed by atoms with Gasteiger partial charge in [-0.1, -0.05) is 0 Å². The van der Waals surface area contributed by atoms with Gasteiger partial charge in [0.05, 0.1) is 3.79 Å². The van der Waals surface area contributed by atoms with E-state index in [9.17, 15) is 13.2 Å². The van der Waals surface area contributed by atoms with Gasteiger partial charge >= 0.3 is 12.1 Å². The van der Waals surface area contributed by atoms with Crippen LogP contribution in [0.15, 0.2) is 15.9 Å². The average molecular weight is 306 g/mol. The third-order valence-corrected chi connectivity index (χ3v) is 2.72. The van der Waals surface area contributed by atoms with Gasteiger partial charge in [-0.3, -0.25) is 0 Å². The maximum Gasteiger partial charge on any atom is 0.490 e. The van der Waals surface area contributed by atoms with Crippen LogP contribution in [0.5, 0.6) is 0 Å². The van der Waals surface area contributed by atoms with E-state index in [0.717, 1.165) is 3.79 Å². The fourth-order valence-corrected chi connectivity index (χ4v) is 1.82. The molecule has 0 aliphatic rings. The van der Waals surface area contributed by atoms with Crippen molar-refractivity contribution in [2.24, 2.45) is 5.73 Å². The summed E-state index contributed by atoms with van der Waals surface area (Å²) in [5.41, 5.74) is 5.35. The predicted octanol–water partition coefficient (Wildman–Crippen LogP) is 2.60. The van der Waals surface area contributed by atoms with E-state index in [4.69, 9.17) is 15.6 Å². The molecule has 1 heterocycles. The second-order valence-corrected chi connectivity index (χ2v) is 4.76. The van der Waals surface area contributed by atoms with Crippen molar-refractivity contribution in [3.8, 4) is 0 Å². The van der Waals surface area contributed by atoms with Crippen molar-refractivity contribution in [1.82, 2.24) is 0 Å². The van der Waals surface area contributed by atoms with Crippen LogP contribution >= 0.6 is 27.3 Å². The van der Waals surface area contributed by atoms with Crippen LogP contribution in [0.3, 0.4) is 0 Å². The van der Waals surface area contributed by atoms with Crippen LogP contribution in [0.4, 0.5) is 13.2 Å². The molecule has 0 aliphatic heterocycles. The van der Waals surface area contributed by atoms with E-state index in [1.54, 1.807) is 11.3 Å². The number of carboxylic acid groups (broad SMARTS) is 1. The summed E-state index contributed by atoms with van der Waals surface area (Å²) >= 11 is 5.02. The first-order valence-electron chi connectivity index (χ1n) is 3.51. The number of hydrogen-bond acceptors (Lipinski definition) is 3. The first-order valence-corrected chi connectivity index (χ1v) is 5.12. The largest absolute Gasteiger partial charge is 0.490 e. The van der Waals surface area contributed by atoms with Gasteiger partial charge in [-0.15, -0.1) is 11.3 Å². The molecule has 3 N–H and O–H groups in total. The summed E-state index contributed by atoms with van der Waals surface area (Å²) in [5.74, 6) is -2.76. The van der Waals surface area contributed by atoms with Crippen molar-refractivity contribution in [3.05, 3.63) is 20.8 Å². The SMILES string of the molecule is NCc1ccc(Br)s1.O=C(O)C(F)(F)F. The van der Waals surface area contributed by atoms with E-state index in [-0.39, 0.29) is 0 Å². The van der Waals surface area contributed by atoms with Gasteiger partial charge in [-0.25, -0.2) is 4.79 Å². The Labute approximate surface area is 95.8 Å². The molecule has 1 aromatic rings. The van der Waals surface area contributed by atoms with E-state index >= 15 is 0 Å². The summed E-state index contributed by atoms with van der Waals surface area (Å²) in [6.45, 7) is 0.649. The normalized spacial score (nSPS) is 10.5. The maximum absolute atomic E-state index is 10.6. The van der Waals surface area contributed by atoms with Crippen molar-refractivity contribution in [2.45, 2.75) is 12.7 Å². The number of rotatable bonds is 1. The molecule has 86 valence electrons. The van der Waals surface area contributed by atoms with Crippen LogP contribution in [-0.2, 0) is 11.3 Å². The lowest BCUT2D eigenvalue weighted by molar-refractivity contribution is -0.192. The highest BCUT2D eigenvalue weighted by Crippen LogP contribution is 2.20. The van der Waals surface area contributed by atoms with Crippen LogP contribution in [0.2, 0.25) is 0 Å². The Morgan fingerprint density at radius 1 is 1.53 bits per heavy atom. The van der Waals surface area contributed by atoms with Crippen LogP contribution in [0.1, 0.15) is 4.88 Å². The Morgan fingerprint density at radius 3 is 2.13 bits per heavy atom. The zero-order chi connectivity index (χ0) is 12.1. The molecule has 0 atom stereocenters. The Kier molecular flexibility index (Phi) is 5.84. The zero-order valence-electron chi connectivity index (χ0n) is 7.21. The summed E-state index contributed by atoms with van der Waals surface area (Å²) in [7, 11) is 0. The predicted molar refractivity (Wildman–Crippen MR) is 53.6 cm³/mol. The Morgan fingerprint density at radius 2 is 2.00 bits per heavy atom. The van der Waals surface area contributed by atoms with Crippen molar-refractivity contribution in [2.75, 3.05) is 0 Å². The van der Waals surface area contributed by atoms with Crippen LogP contribution in [-0.4, -0.2) is 17.3 Å². The minimum atomic E-state index is -5.08. The number of aliphatic carboxylic acids is 1. The second-order valence-electron chi connectivity index (χ2n) is 2.21. The quantitative estimate of drug-likeness (QED) is 0.838. The molecule has 0 saturated heterocycles. The topological polar surface area (TPSA) is 63.3 Å². The highest BCUT2D eigenvalue weighted by atomic mass is 79.9. The van der Waals surface area contributed by atoms with E-state index in [1.807, 2.05) is 12.1 Å². The molecule has 0 unspecified atom stereocenters. The molecule has 0 spiro atoms. The fraction of sp³-hybridized carbons (Fsp3) is 0.286. The monoisotopic (exact) mass is 305 g/mol. The Bertz CT molecular complexity index is 326. The molecular formula is C7H7BrF3NO2S.